The summed E-state index contributed by atoms with van der Waals surface area (Å²) in [4.78, 5) is 12.8. The Morgan fingerprint density at radius 3 is 2.90 bits per heavy atom. The van der Waals surface area contributed by atoms with Gasteiger partial charge in [-0.1, -0.05) is 13.3 Å². The summed E-state index contributed by atoms with van der Waals surface area (Å²) in [7, 11) is 0. The minimum Gasteiger partial charge on any atom is -0.211 e. The van der Waals surface area contributed by atoms with Crippen molar-refractivity contribution in [3.8, 4) is 6.07 Å². The van der Waals surface area contributed by atoms with Gasteiger partial charge in [0.1, 0.15) is 11.8 Å². The SMILES string of the molecule is CCC/C=C(/C#N)N=C=O. The molecule has 0 spiro atoms. The van der Waals surface area contributed by atoms with E-state index in [1.807, 2.05) is 6.92 Å². The number of nitrogens with zero attached hydrogens (tertiary/aromatic N) is 2. The molecule has 0 amide bonds. The molecule has 3 heteroatoms. The number of hydrogen-bond acceptors (Lipinski definition) is 3. The van der Waals surface area contributed by atoms with Crippen molar-refractivity contribution in [1.82, 2.24) is 0 Å². The third-order valence-electron chi connectivity index (χ3n) is 0.907. The highest BCUT2D eigenvalue weighted by atomic mass is 16.1. The largest absolute Gasteiger partial charge is 0.241 e. The molecule has 0 saturated carbocycles. The van der Waals surface area contributed by atoms with Crippen LogP contribution >= 0.6 is 0 Å². The van der Waals surface area contributed by atoms with Crippen LogP contribution in [0.3, 0.4) is 0 Å². The fourth-order valence-electron chi connectivity index (χ4n) is 0.447. The molecule has 10 heavy (non-hydrogen) atoms. The number of nitriles is 1. The Morgan fingerprint density at radius 2 is 2.50 bits per heavy atom. The Morgan fingerprint density at radius 1 is 1.80 bits per heavy atom. The van der Waals surface area contributed by atoms with Gasteiger partial charge < -0.3 is 0 Å². The lowest BCUT2D eigenvalue weighted by Crippen LogP contribution is -1.71. The van der Waals surface area contributed by atoms with Gasteiger partial charge in [0.2, 0.25) is 6.08 Å². The van der Waals surface area contributed by atoms with Crippen LogP contribution in [0.5, 0.6) is 0 Å². The van der Waals surface area contributed by atoms with Crippen LogP contribution in [0.2, 0.25) is 0 Å². The molecule has 0 radical (unpaired) electrons. The molecule has 0 bridgehead atoms. The van der Waals surface area contributed by atoms with Gasteiger partial charge in [0, 0.05) is 0 Å². The van der Waals surface area contributed by atoms with Gasteiger partial charge in [0.05, 0.1) is 0 Å². The number of rotatable bonds is 3. The zero-order valence-corrected chi connectivity index (χ0v) is 5.79. The van der Waals surface area contributed by atoms with E-state index >= 15 is 0 Å². The quantitative estimate of drug-likeness (QED) is 0.335. The predicted octanol–water partition coefficient (Wildman–Crippen LogP) is 1.53. The molecule has 0 unspecified atom stereocenters. The molecule has 0 aromatic carbocycles. The summed E-state index contributed by atoms with van der Waals surface area (Å²) in [6.45, 7) is 1.98. The number of hydrogen-bond donors (Lipinski definition) is 0. The van der Waals surface area contributed by atoms with Crippen LogP contribution in [0.4, 0.5) is 0 Å². The topological polar surface area (TPSA) is 53.2 Å². The molecule has 52 valence electrons. The van der Waals surface area contributed by atoms with Crippen molar-refractivity contribution in [3.05, 3.63) is 11.8 Å². The number of carbonyl (C=O) groups excluding carboxylic acids is 1. The van der Waals surface area contributed by atoms with Crippen LogP contribution in [-0.2, 0) is 4.79 Å². The van der Waals surface area contributed by atoms with Crippen molar-refractivity contribution in [1.29, 1.82) is 5.26 Å². The van der Waals surface area contributed by atoms with Gasteiger partial charge in [-0.3, -0.25) is 0 Å². The molecule has 0 aliphatic heterocycles. The fourth-order valence-corrected chi connectivity index (χ4v) is 0.447. The van der Waals surface area contributed by atoms with E-state index in [0.717, 1.165) is 12.8 Å². The average Bonchev–Trinajstić information content (AvgIpc) is 1.98. The van der Waals surface area contributed by atoms with Crippen molar-refractivity contribution < 1.29 is 4.79 Å². The lowest BCUT2D eigenvalue weighted by Gasteiger charge is -1.82. The molecule has 0 fully saturated rings. The Labute approximate surface area is 59.7 Å². The maximum atomic E-state index is 9.65. The molecule has 0 aromatic heterocycles. The van der Waals surface area contributed by atoms with Gasteiger partial charge in [-0.2, -0.15) is 10.3 Å². The number of isocyanates is 1. The van der Waals surface area contributed by atoms with E-state index in [1.54, 1.807) is 12.1 Å². The highest BCUT2D eigenvalue weighted by molar-refractivity contribution is 5.40. The molecule has 0 saturated heterocycles. The van der Waals surface area contributed by atoms with Crippen LogP contribution in [0.1, 0.15) is 19.8 Å². The first-order chi connectivity index (χ1) is 4.85. The summed E-state index contributed by atoms with van der Waals surface area (Å²) in [6, 6.07) is 1.77. The second-order valence-electron chi connectivity index (χ2n) is 1.69. The second-order valence-corrected chi connectivity index (χ2v) is 1.69. The summed E-state index contributed by atoms with van der Waals surface area (Å²) in [5.74, 6) is 0. The summed E-state index contributed by atoms with van der Waals surface area (Å²) < 4.78 is 0. The van der Waals surface area contributed by atoms with Crippen molar-refractivity contribution in [2.75, 3.05) is 0 Å². The van der Waals surface area contributed by atoms with Crippen molar-refractivity contribution in [3.63, 3.8) is 0 Å². The smallest absolute Gasteiger partial charge is 0.211 e. The molecule has 0 aliphatic carbocycles. The van der Waals surface area contributed by atoms with Gasteiger partial charge >= 0.3 is 0 Å². The molecule has 3 nitrogen and oxygen atoms in total. The summed E-state index contributed by atoms with van der Waals surface area (Å²) in [6.07, 6.45) is 4.64. The van der Waals surface area contributed by atoms with E-state index in [-0.39, 0.29) is 5.70 Å². The summed E-state index contributed by atoms with van der Waals surface area (Å²) in [5.41, 5.74) is 0.150. The monoisotopic (exact) mass is 136 g/mol. The van der Waals surface area contributed by atoms with E-state index in [2.05, 4.69) is 4.99 Å². The molecular formula is C7H8N2O. The molecule has 0 rings (SSSR count). The highest BCUT2D eigenvalue weighted by Crippen LogP contribution is 1.97. The van der Waals surface area contributed by atoms with E-state index in [1.165, 1.54) is 6.08 Å². The maximum absolute atomic E-state index is 9.65. The second kappa shape index (κ2) is 5.74. The lowest BCUT2D eigenvalue weighted by atomic mass is 10.3. The number of allylic oxidation sites excluding steroid dienone is 2. The minimum absolute atomic E-state index is 0.150. The standard InChI is InChI=1S/C7H8N2O/c1-2-3-4-7(5-8)9-6-10/h4H,2-3H2,1H3/b7-4-. The summed E-state index contributed by atoms with van der Waals surface area (Å²) in [5, 5.41) is 8.29. The van der Waals surface area contributed by atoms with E-state index in [9.17, 15) is 4.79 Å². The Balaban J connectivity index is 4.08. The Kier molecular flexibility index (Phi) is 4.94. The predicted molar refractivity (Wildman–Crippen MR) is 36.7 cm³/mol. The van der Waals surface area contributed by atoms with Crippen molar-refractivity contribution in [2.45, 2.75) is 19.8 Å². The van der Waals surface area contributed by atoms with E-state index in [4.69, 9.17) is 5.26 Å². The van der Waals surface area contributed by atoms with Gasteiger partial charge in [-0.15, -0.1) is 0 Å². The first-order valence-electron chi connectivity index (χ1n) is 3.03. The lowest BCUT2D eigenvalue weighted by molar-refractivity contribution is 0.565. The third-order valence-corrected chi connectivity index (χ3v) is 0.907. The Hall–Kier alpha value is -1.39. The van der Waals surface area contributed by atoms with Gasteiger partial charge in [-0.05, 0) is 12.5 Å². The maximum Gasteiger partial charge on any atom is 0.241 e. The molecule has 0 aliphatic rings. The van der Waals surface area contributed by atoms with Crippen LogP contribution in [-0.4, -0.2) is 6.08 Å². The molecule has 0 heterocycles. The van der Waals surface area contributed by atoms with Crippen molar-refractivity contribution in [2.24, 2.45) is 4.99 Å². The fraction of sp³-hybridized carbons (Fsp3) is 0.429. The number of aliphatic imine (C=N–C) groups is 1. The molecular weight excluding hydrogens is 128 g/mol. The van der Waals surface area contributed by atoms with Gasteiger partial charge in [0.15, 0.2) is 0 Å². The normalized spacial score (nSPS) is 9.80. The Bertz CT molecular complexity index is 206. The molecule has 0 aromatic rings. The molecule has 0 N–H and O–H groups in total. The molecule has 0 atom stereocenters. The zero-order chi connectivity index (χ0) is 7.82. The third kappa shape index (κ3) is 3.59. The van der Waals surface area contributed by atoms with Crippen LogP contribution in [0.15, 0.2) is 16.8 Å². The minimum atomic E-state index is 0.150. The van der Waals surface area contributed by atoms with Crippen molar-refractivity contribution >= 4 is 6.08 Å². The van der Waals surface area contributed by atoms with Gasteiger partial charge in [0.25, 0.3) is 0 Å². The first-order valence-corrected chi connectivity index (χ1v) is 3.03. The van der Waals surface area contributed by atoms with Crippen LogP contribution in [0.25, 0.3) is 0 Å². The van der Waals surface area contributed by atoms with E-state index < -0.39 is 0 Å². The zero-order valence-electron chi connectivity index (χ0n) is 5.79. The first kappa shape index (κ1) is 8.61. The van der Waals surface area contributed by atoms with Crippen LogP contribution in [0, 0.1) is 11.3 Å². The summed E-state index contributed by atoms with van der Waals surface area (Å²) >= 11 is 0. The van der Waals surface area contributed by atoms with Crippen LogP contribution < -0.4 is 0 Å². The highest BCUT2D eigenvalue weighted by Gasteiger charge is 1.87. The van der Waals surface area contributed by atoms with E-state index in [0.29, 0.717) is 0 Å². The van der Waals surface area contributed by atoms with Gasteiger partial charge in [-0.25, -0.2) is 4.79 Å². The average molecular weight is 136 g/mol. The number of unbranched alkanes of at least 4 members (excludes halogenated alkanes) is 1.